The highest BCUT2D eigenvalue weighted by Gasteiger charge is 2.38. The first kappa shape index (κ1) is 18.8. The molecule has 0 saturated heterocycles. The van der Waals surface area contributed by atoms with Crippen LogP contribution in [0.2, 0.25) is 19.6 Å². The lowest BCUT2D eigenvalue weighted by Gasteiger charge is -2.44. The molecule has 0 bridgehead atoms. The van der Waals surface area contributed by atoms with E-state index in [1.807, 2.05) is 0 Å². The second-order valence-corrected chi connectivity index (χ2v) is 13.4. The van der Waals surface area contributed by atoms with E-state index in [-0.39, 0.29) is 6.04 Å². The topological polar surface area (TPSA) is 3.24 Å². The normalized spacial score (nSPS) is 18.5. The zero-order valence-corrected chi connectivity index (χ0v) is 17.9. The van der Waals surface area contributed by atoms with E-state index in [1.54, 1.807) is 0 Å². The van der Waals surface area contributed by atoms with Gasteiger partial charge in [0.1, 0.15) is 4.99 Å². The van der Waals surface area contributed by atoms with Gasteiger partial charge in [0, 0.05) is 6.54 Å². The van der Waals surface area contributed by atoms with Crippen molar-refractivity contribution in [2.75, 3.05) is 0 Å². The average molecular weight is 378 g/mol. The molecule has 1 heterocycles. The van der Waals surface area contributed by atoms with Gasteiger partial charge in [-0.2, -0.15) is 0 Å². The maximum atomic E-state index is 6.06. The lowest BCUT2D eigenvalue weighted by atomic mass is 9.89. The summed E-state index contributed by atoms with van der Waals surface area (Å²) in [6.45, 7) is 14.6. The summed E-state index contributed by atoms with van der Waals surface area (Å²) in [5.41, 5.74) is 5.01. The van der Waals surface area contributed by atoms with E-state index in [4.69, 9.17) is 12.2 Å². The fourth-order valence-electron chi connectivity index (χ4n) is 3.82. The van der Waals surface area contributed by atoms with Crippen molar-refractivity contribution in [2.24, 2.45) is 0 Å². The zero-order valence-electron chi connectivity index (χ0n) is 16.1. The van der Waals surface area contributed by atoms with Crippen LogP contribution < -0.4 is 0 Å². The van der Waals surface area contributed by atoms with Gasteiger partial charge in [-0.05, 0) is 34.4 Å². The zero-order chi connectivity index (χ0) is 18.9. The Morgan fingerprint density at radius 3 is 2.04 bits per heavy atom. The molecule has 134 valence electrons. The molecule has 0 aromatic heterocycles. The predicted molar refractivity (Wildman–Crippen MR) is 119 cm³/mol. The summed E-state index contributed by atoms with van der Waals surface area (Å²) in [6, 6.07) is 21.3. The van der Waals surface area contributed by atoms with Crippen LogP contribution in [-0.4, -0.2) is 18.0 Å². The van der Waals surface area contributed by atoms with E-state index in [1.165, 1.54) is 27.5 Å². The van der Waals surface area contributed by atoms with E-state index in [0.717, 1.165) is 11.5 Å². The minimum Gasteiger partial charge on any atom is -0.347 e. The molecule has 0 fully saturated rings. The number of hydrogen-bond acceptors (Lipinski definition) is 1. The number of rotatable bonds is 4. The number of nitrogens with zero attached hydrogens (tertiary/aromatic N) is 1. The van der Waals surface area contributed by atoms with Gasteiger partial charge in [-0.1, -0.05) is 99.1 Å². The standard InChI is InChI=1S/C23H27NSSi/c1-17-18(2)22(26(3,4)5)23(25)24(16-19-12-8-6-9-13-19)21(17)20-14-10-7-11-15-20/h6-15,21H,1,16H2,2-5H3. The summed E-state index contributed by atoms with van der Waals surface area (Å²) in [6.07, 6.45) is 0. The third kappa shape index (κ3) is 3.60. The van der Waals surface area contributed by atoms with Crippen molar-refractivity contribution >= 4 is 25.3 Å². The first-order valence-corrected chi connectivity index (χ1v) is 13.0. The molecule has 0 N–H and O–H groups in total. The van der Waals surface area contributed by atoms with Gasteiger partial charge in [-0.15, -0.1) is 0 Å². The van der Waals surface area contributed by atoms with Crippen LogP contribution in [0.5, 0.6) is 0 Å². The van der Waals surface area contributed by atoms with Gasteiger partial charge in [0.15, 0.2) is 0 Å². The monoisotopic (exact) mass is 377 g/mol. The van der Waals surface area contributed by atoms with Crippen molar-refractivity contribution in [3.63, 3.8) is 0 Å². The fourth-order valence-corrected chi connectivity index (χ4v) is 7.13. The lowest BCUT2D eigenvalue weighted by Crippen LogP contribution is -2.45. The van der Waals surface area contributed by atoms with Crippen LogP contribution in [-0.2, 0) is 6.54 Å². The van der Waals surface area contributed by atoms with Crippen molar-refractivity contribution in [1.82, 2.24) is 4.90 Å². The molecule has 1 aliphatic heterocycles. The summed E-state index contributed by atoms with van der Waals surface area (Å²) in [4.78, 5) is 3.38. The molecular formula is C23H27NSSi. The van der Waals surface area contributed by atoms with Crippen LogP contribution in [0.25, 0.3) is 0 Å². The minimum absolute atomic E-state index is 0.101. The van der Waals surface area contributed by atoms with E-state index >= 15 is 0 Å². The molecule has 0 saturated carbocycles. The van der Waals surface area contributed by atoms with Crippen LogP contribution in [0.3, 0.4) is 0 Å². The molecule has 1 aliphatic rings. The fraction of sp³-hybridized carbons (Fsp3) is 0.261. The van der Waals surface area contributed by atoms with E-state index in [9.17, 15) is 0 Å². The highest BCUT2D eigenvalue weighted by molar-refractivity contribution is 7.81. The Kier molecular flexibility index (Phi) is 5.31. The van der Waals surface area contributed by atoms with Crippen molar-refractivity contribution < 1.29 is 0 Å². The molecule has 1 atom stereocenters. The average Bonchev–Trinajstić information content (AvgIpc) is 2.60. The van der Waals surface area contributed by atoms with Crippen LogP contribution >= 0.6 is 12.2 Å². The smallest absolute Gasteiger partial charge is 0.102 e. The van der Waals surface area contributed by atoms with Gasteiger partial charge in [-0.3, -0.25) is 0 Å². The summed E-state index contributed by atoms with van der Waals surface area (Å²) in [5.74, 6) is 0. The Balaban J connectivity index is 2.12. The Morgan fingerprint density at radius 1 is 0.962 bits per heavy atom. The van der Waals surface area contributed by atoms with Gasteiger partial charge in [0.2, 0.25) is 0 Å². The maximum absolute atomic E-state index is 6.06. The Hall–Kier alpha value is -1.97. The second-order valence-electron chi connectivity index (χ2n) is 8.01. The Bertz CT molecular complexity index is 847. The SMILES string of the molecule is C=C1C(C)=C([Si](C)(C)C)C(=S)N(Cc2ccccc2)C1c1ccccc1. The molecule has 26 heavy (non-hydrogen) atoms. The van der Waals surface area contributed by atoms with Crippen molar-refractivity contribution in [2.45, 2.75) is 39.2 Å². The summed E-state index contributed by atoms with van der Waals surface area (Å²) in [5, 5.41) is 1.38. The van der Waals surface area contributed by atoms with Crippen LogP contribution in [0, 0.1) is 0 Å². The van der Waals surface area contributed by atoms with Crippen molar-refractivity contribution in [3.05, 3.63) is 94.7 Å². The van der Waals surface area contributed by atoms with Crippen LogP contribution in [0.1, 0.15) is 24.1 Å². The molecule has 0 aliphatic carbocycles. The molecule has 2 aromatic carbocycles. The molecular weight excluding hydrogens is 350 g/mol. The molecule has 1 unspecified atom stereocenters. The molecule has 3 rings (SSSR count). The Labute approximate surface area is 164 Å². The number of hydrogen-bond donors (Lipinski definition) is 0. The van der Waals surface area contributed by atoms with Crippen LogP contribution in [0.15, 0.2) is 83.6 Å². The van der Waals surface area contributed by atoms with Crippen molar-refractivity contribution in [3.8, 4) is 0 Å². The first-order valence-electron chi connectivity index (χ1n) is 9.11. The van der Waals surface area contributed by atoms with Gasteiger partial charge in [0.25, 0.3) is 0 Å². The third-order valence-corrected chi connectivity index (χ3v) is 7.77. The predicted octanol–water partition coefficient (Wildman–Crippen LogP) is 6.32. The number of benzene rings is 2. The maximum Gasteiger partial charge on any atom is 0.102 e. The molecule has 1 nitrogen and oxygen atoms in total. The Morgan fingerprint density at radius 2 is 1.50 bits per heavy atom. The van der Waals surface area contributed by atoms with Gasteiger partial charge in [0.05, 0.1) is 14.1 Å². The summed E-state index contributed by atoms with van der Waals surface area (Å²) in [7, 11) is -1.58. The molecule has 3 heteroatoms. The quantitative estimate of drug-likeness (QED) is 0.453. The van der Waals surface area contributed by atoms with Crippen LogP contribution in [0.4, 0.5) is 0 Å². The highest BCUT2D eigenvalue weighted by atomic mass is 32.1. The minimum atomic E-state index is -1.58. The number of thiocarbonyl (C=S) groups is 1. The van der Waals surface area contributed by atoms with E-state index < -0.39 is 8.07 Å². The largest absolute Gasteiger partial charge is 0.347 e. The molecule has 2 aromatic rings. The lowest BCUT2D eigenvalue weighted by molar-refractivity contribution is 0.349. The third-order valence-electron chi connectivity index (χ3n) is 5.03. The molecule has 0 radical (unpaired) electrons. The van der Waals surface area contributed by atoms with Gasteiger partial charge in [-0.25, -0.2) is 0 Å². The summed E-state index contributed by atoms with van der Waals surface area (Å²) < 4.78 is 0. The highest BCUT2D eigenvalue weighted by Crippen LogP contribution is 2.42. The van der Waals surface area contributed by atoms with Crippen molar-refractivity contribution in [1.29, 1.82) is 0 Å². The van der Waals surface area contributed by atoms with Gasteiger partial charge >= 0.3 is 0 Å². The molecule has 0 amide bonds. The summed E-state index contributed by atoms with van der Waals surface area (Å²) >= 11 is 6.06. The van der Waals surface area contributed by atoms with E-state index in [0.29, 0.717) is 0 Å². The molecule has 0 spiro atoms. The first-order chi connectivity index (χ1) is 12.3. The second kappa shape index (κ2) is 7.34. The van der Waals surface area contributed by atoms with Gasteiger partial charge < -0.3 is 4.90 Å². The van der Waals surface area contributed by atoms with E-state index in [2.05, 4.69) is 98.7 Å².